The molecule has 126 valence electrons. The van der Waals surface area contributed by atoms with Crippen LogP contribution in [0.25, 0.3) is 0 Å². The number of hydrogen-bond acceptors (Lipinski definition) is 5. The van der Waals surface area contributed by atoms with E-state index in [1.165, 1.54) is 0 Å². The van der Waals surface area contributed by atoms with Crippen molar-refractivity contribution in [3.63, 3.8) is 0 Å². The summed E-state index contributed by atoms with van der Waals surface area (Å²) in [6, 6.07) is 12.1. The van der Waals surface area contributed by atoms with Gasteiger partial charge in [0.1, 0.15) is 0 Å². The first-order valence-corrected chi connectivity index (χ1v) is 8.33. The number of benzene rings is 2. The van der Waals surface area contributed by atoms with Crippen LogP contribution in [0.5, 0.6) is 17.2 Å². The molecule has 0 aliphatic carbocycles. The highest BCUT2D eigenvalue weighted by molar-refractivity contribution is 9.10. The van der Waals surface area contributed by atoms with E-state index in [1.807, 2.05) is 24.3 Å². The Balaban J connectivity index is 1.87. The Morgan fingerprint density at radius 2 is 1.75 bits per heavy atom. The van der Waals surface area contributed by atoms with Gasteiger partial charge in [-0.3, -0.25) is 0 Å². The van der Waals surface area contributed by atoms with Crippen molar-refractivity contribution >= 4 is 21.6 Å². The van der Waals surface area contributed by atoms with Crippen LogP contribution in [0.1, 0.15) is 23.6 Å². The largest absolute Gasteiger partial charge is 0.493 e. The molecule has 2 aromatic carbocycles. The minimum absolute atomic E-state index is 0.0627. The van der Waals surface area contributed by atoms with Crippen molar-refractivity contribution in [2.45, 2.75) is 12.5 Å². The van der Waals surface area contributed by atoms with Gasteiger partial charge in [-0.25, -0.2) is 0 Å². The lowest BCUT2D eigenvalue weighted by Gasteiger charge is -2.17. The van der Waals surface area contributed by atoms with Gasteiger partial charge in [0.05, 0.1) is 33.1 Å². The lowest BCUT2D eigenvalue weighted by molar-refractivity contribution is 0.323. The molecule has 0 saturated heterocycles. The molecule has 1 unspecified atom stereocenters. The number of ether oxygens (including phenoxy) is 3. The maximum absolute atomic E-state index is 5.43. The maximum atomic E-state index is 5.43. The first-order valence-electron chi connectivity index (χ1n) is 7.54. The van der Waals surface area contributed by atoms with E-state index in [0.29, 0.717) is 17.2 Å². The predicted molar refractivity (Wildman–Crippen MR) is 97.3 cm³/mol. The number of nitrogens with zero attached hydrogens (tertiary/aromatic N) is 1. The molecule has 2 aromatic rings. The summed E-state index contributed by atoms with van der Waals surface area (Å²) in [4.78, 5) is 0. The summed E-state index contributed by atoms with van der Waals surface area (Å²) in [5.41, 5.74) is 6.37. The van der Waals surface area contributed by atoms with Crippen molar-refractivity contribution in [1.29, 1.82) is 0 Å². The van der Waals surface area contributed by atoms with Gasteiger partial charge in [0.15, 0.2) is 11.5 Å². The van der Waals surface area contributed by atoms with E-state index in [-0.39, 0.29) is 6.04 Å². The zero-order valence-electron chi connectivity index (χ0n) is 13.8. The number of methoxy groups -OCH3 is 3. The molecule has 0 aromatic heterocycles. The van der Waals surface area contributed by atoms with Crippen LogP contribution in [0.2, 0.25) is 0 Å². The third kappa shape index (κ3) is 3.19. The molecule has 1 aliphatic rings. The van der Waals surface area contributed by atoms with E-state index in [0.717, 1.165) is 27.7 Å². The fraction of sp³-hybridized carbons (Fsp3) is 0.278. The molecule has 0 amide bonds. The molecule has 0 fully saturated rings. The van der Waals surface area contributed by atoms with Crippen LogP contribution in [-0.2, 0) is 0 Å². The third-order valence-corrected chi connectivity index (χ3v) is 4.49. The topological polar surface area (TPSA) is 52.1 Å². The second-order valence-corrected chi connectivity index (χ2v) is 6.33. The predicted octanol–water partition coefficient (Wildman–Crippen LogP) is 3.91. The van der Waals surface area contributed by atoms with Crippen molar-refractivity contribution < 1.29 is 14.2 Å². The number of hydrogen-bond donors (Lipinski definition) is 1. The fourth-order valence-corrected chi connectivity index (χ4v) is 3.19. The Morgan fingerprint density at radius 1 is 1.04 bits per heavy atom. The number of hydrazone groups is 1. The molecule has 0 bridgehead atoms. The average molecular weight is 391 g/mol. The molecule has 24 heavy (non-hydrogen) atoms. The Morgan fingerprint density at radius 3 is 2.33 bits per heavy atom. The van der Waals surface area contributed by atoms with E-state index in [1.54, 1.807) is 21.3 Å². The van der Waals surface area contributed by atoms with Gasteiger partial charge in [-0.2, -0.15) is 5.10 Å². The van der Waals surface area contributed by atoms with E-state index in [2.05, 4.69) is 38.6 Å². The minimum atomic E-state index is 0.0627. The highest BCUT2D eigenvalue weighted by Gasteiger charge is 2.24. The Kier molecular flexibility index (Phi) is 4.94. The molecule has 1 N–H and O–H groups in total. The zero-order valence-corrected chi connectivity index (χ0v) is 15.4. The van der Waals surface area contributed by atoms with Crippen LogP contribution in [0.3, 0.4) is 0 Å². The molecular weight excluding hydrogens is 372 g/mol. The normalized spacial score (nSPS) is 16.3. The Labute approximate surface area is 149 Å². The van der Waals surface area contributed by atoms with Gasteiger partial charge >= 0.3 is 0 Å². The highest BCUT2D eigenvalue weighted by Crippen LogP contribution is 2.41. The van der Waals surface area contributed by atoms with Gasteiger partial charge in [0.25, 0.3) is 0 Å². The first-order chi connectivity index (χ1) is 11.7. The van der Waals surface area contributed by atoms with Crippen LogP contribution in [0.15, 0.2) is 46.0 Å². The van der Waals surface area contributed by atoms with Crippen LogP contribution >= 0.6 is 15.9 Å². The SMILES string of the molecule is COc1cc(C2CC(c3cccc(Br)c3)=NN2)cc(OC)c1OC. The molecule has 0 saturated carbocycles. The van der Waals surface area contributed by atoms with Crippen LogP contribution in [0, 0.1) is 0 Å². The molecule has 6 heteroatoms. The van der Waals surface area contributed by atoms with Gasteiger partial charge < -0.3 is 19.6 Å². The van der Waals surface area contributed by atoms with E-state index >= 15 is 0 Å². The summed E-state index contributed by atoms with van der Waals surface area (Å²) in [5, 5.41) is 4.49. The van der Waals surface area contributed by atoms with Crippen molar-refractivity contribution in [3.8, 4) is 17.2 Å². The summed E-state index contributed by atoms with van der Waals surface area (Å²) in [6.45, 7) is 0. The lowest BCUT2D eigenvalue weighted by atomic mass is 9.98. The van der Waals surface area contributed by atoms with Gasteiger partial charge in [0.2, 0.25) is 5.75 Å². The van der Waals surface area contributed by atoms with Crippen molar-refractivity contribution in [2.24, 2.45) is 5.10 Å². The third-order valence-electron chi connectivity index (χ3n) is 4.00. The van der Waals surface area contributed by atoms with Crippen molar-refractivity contribution in [1.82, 2.24) is 5.43 Å². The van der Waals surface area contributed by atoms with Gasteiger partial charge in [-0.1, -0.05) is 28.1 Å². The van der Waals surface area contributed by atoms with Crippen LogP contribution in [0.4, 0.5) is 0 Å². The second kappa shape index (κ2) is 7.13. The second-order valence-electron chi connectivity index (χ2n) is 5.41. The molecule has 0 radical (unpaired) electrons. The van der Waals surface area contributed by atoms with Crippen molar-refractivity contribution in [2.75, 3.05) is 21.3 Å². The quantitative estimate of drug-likeness (QED) is 0.840. The molecule has 1 aliphatic heterocycles. The average Bonchev–Trinajstić information content (AvgIpc) is 3.10. The van der Waals surface area contributed by atoms with Gasteiger partial charge in [-0.05, 0) is 35.4 Å². The van der Waals surface area contributed by atoms with Crippen LogP contribution in [-0.4, -0.2) is 27.0 Å². The van der Waals surface area contributed by atoms with Gasteiger partial charge in [-0.15, -0.1) is 0 Å². The summed E-state index contributed by atoms with van der Waals surface area (Å²) in [7, 11) is 4.83. The summed E-state index contributed by atoms with van der Waals surface area (Å²) < 4.78 is 17.3. The van der Waals surface area contributed by atoms with Crippen LogP contribution < -0.4 is 19.6 Å². The minimum Gasteiger partial charge on any atom is -0.493 e. The molecular formula is C18H19BrN2O3. The smallest absolute Gasteiger partial charge is 0.203 e. The molecule has 3 rings (SSSR count). The van der Waals surface area contributed by atoms with Crippen molar-refractivity contribution in [3.05, 3.63) is 52.0 Å². The van der Waals surface area contributed by atoms with E-state index in [4.69, 9.17) is 14.2 Å². The molecule has 1 heterocycles. The highest BCUT2D eigenvalue weighted by atomic mass is 79.9. The molecule has 1 atom stereocenters. The van der Waals surface area contributed by atoms with E-state index in [9.17, 15) is 0 Å². The summed E-state index contributed by atoms with van der Waals surface area (Å²) >= 11 is 3.50. The monoisotopic (exact) mass is 390 g/mol. The Hall–Kier alpha value is -2.21. The zero-order chi connectivity index (χ0) is 17.1. The molecule has 5 nitrogen and oxygen atoms in total. The number of nitrogens with one attached hydrogen (secondary N) is 1. The van der Waals surface area contributed by atoms with E-state index < -0.39 is 0 Å². The van der Waals surface area contributed by atoms with Gasteiger partial charge in [0, 0.05) is 10.9 Å². The fourth-order valence-electron chi connectivity index (χ4n) is 2.79. The standard InChI is InChI=1S/C18H19BrN2O3/c1-22-16-8-12(9-17(23-2)18(16)24-3)15-10-14(20-21-15)11-5-4-6-13(19)7-11/h4-9,15,21H,10H2,1-3H3. The summed E-state index contributed by atoms with van der Waals surface area (Å²) in [6.07, 6.45) is 0.787. The number of halogens is 1. The lowest BCUT2D eigenvalue weighted by Crippen LogP contribution is -2.11. The maximum Gasteiger partial charge on any atom is 0.203 e. The number of rotatable bonds is 5. The molecule has 0 spiro atoms. The first kappa shape index (κ1) is 16.6. The summed E-state index contributed by atoms with van der Waals surface area (Å²) in [5.74, 6) is 1.88. The Bertz CT molecular complexity index is 752.